The fraction of sp³-hybridized carbons (Fsp3) is 0.250. The number of nitrogens with zero attached hydrogens (tertiary/aromatic N) is 2. The monoisotopic (exact) mass is 524 g/mol. The Morgan fingerprint density at radius 3 is 2.18 bits per heavy atom. The maximum Gasteiger partial charge on any atom is 0.244 e. The molecule has 0 bridgehead atoms. The van der Waals surface area contributed by atoms with Crippen LogP contribution in [0.2, 0.25) is 15.1 Å². The van der Waals surface area contributed by atoms with E-state index in [1.54, 1.807) is 0 Å². The van der Waals surface area contributed by atoms with Gasteiger partial charge in [0, 0.05) is 48.3 Å². The molecular formula is C24H23Cl3N2O3S. The molecule has 0 N–H and O–H groups in total. The second-order valence-electron chi connectivity index (χ2n) is 7.78. The molecule has 0 radical (unpaired) electrons. The first-order chi connectivity index (χ1) is 15.8. The second kappa shape index (κ2) is 10.6. The van der Waals surface area contributed by atoms with Crippen molar-refractivity contribution in [1.82, 2.24) is 9.21 Å². The predicted octanol–water partition coefficient (Wildman–Crippen LogP) is 5.73. The number of halogens is 3. The number of rotatable bonds is 7. The number of sulfonamides is 1. The highest BCUT2D eigenvalue weighted by Gasteiger charge is 2.30. The molecule has 33 heavy (non-hydrogen) atoms. The molecule has 0 spiro atoms. The molecular weight excluding hydrogens is 503 g/mol. The molecule has 3 aromatic carbocycles. The normalized spacial score (nSPS) is 15.5. The van der Waals surface area contributed by atoms with E-state index in [4.69, 9.17) is 39.5 Å². The molecule has 9 heteroatoms. The summed E-state index contributed by atoms with van der Waals surface area (Å²) in [5, 5.41) is 1.23. The van der Waals surface area contributed by atoms with Crippen LogP contribution in [-0.2, 0) is 23.2 Å². The molecule has 0 amide bonds. The second-order valence-corrected chi connectivity index (χ2v) is 11.0. The van der Waals surface area contributed by atoms with Crippen LogP contribution >= 0.6 is 34.8 Å². The summed E-state index contributed by atoms with van der Waals surface area (Å²) in [5.41, 5.74) is 2.09. The van der Waals surface area contributed by atoms with E-state index in [2.05, 4.69) is 4.90 Å². The third kappa shape index (κ3) is 6.01. The molecule has 1 aliphatic heterocycles. The largest absolute Gasteiger partial charge is 0.489 e. The number of benzene rings is 3. The molecule has 1 heterocycles. The van der Waals surface area contributed by atoms with Gasteiger partial charge in [-0.25, -0.2) is 8.42 Å². The van der Waals surface area contributed by atoms with Crippen molar-refractivity contribution in [2.45, 2.75) is 18.0 Å². The topological polar surface area (TPSA) is 49.9 Å². The van der Waals surface area contributed by atoms with Crippen molar-refractivity contribution in [2.75, 3.05) is 26.2 Å². The van der Waals surface area contributed by atoms with Gasteiger partial charge in [-0.15, -0.1) is 0 Å². The number of para-hydroxylation sites is 1. The fourth-order valence-electron chi connectivity index (χ4n) is 3.71. The van der Waals surface area contributed by atoms with Gasteiger partial charge in [-0.1, -0.05) is 65.1 Å². The highest BCUT2D eigenvalue weighted by atomic mass is 35.5. The van der Waals surface area contributed by atoms with Gasteiger partial charge in [-0.2, -0.15) is 4.31 Å². The Bertz CT molecular complexity index is 1210. The van der Waals surface area contributed by atoms with Crippen molar-refractivity contribution >= 4 is 44.8 Å². The van der Waals surface area contributed by atoms with Crippen molar-refractivity contribution in [1.29, 1.82) is 0 Å². The van der Waals surface area contributed by atoms with Crippen molar-refractivity contribution in [3.05, 3.63) is 92.9 Å². The van der Waals surface area contributed by atoms with E-state index < -0.39 is 10.0 Å². The highest BCUT2D eigenvalue weighted by molar-refractivity contribution is 7.89. The van der Waals surface area contributed by atoms with Crippen LogP contribution in [0.4, 0.5) is 0 Å². The maximum absolute atomic E-state index is 13.0. The van der Waals surface area contributed by atoms with Gasteiger partial charge in [-0.05, 0) is 42.0 Å². The van der Waals surface area contributed by atoms with E-state index in [0.29, 0.717) is 49.4 Å². The Labute approximate surface area is 209 Å². The summed E-state index contributed by atoms with van der Waals surface area (Å²) in [5.74, 6) is 0.815. The number of ether oxygens (including phenoxy) is 1. The van der Waals surface area contributed by atoms with E-state index in [1.807, 2.05) is 48.5 Å². The van der Waals surface area contributed by atoms with Crippen LogP contribution in [0.15, 0.2) is 71.6 Å². The minimum absolute atomic E-state index is 0.0861. The molecule has 174 valence electrons. The molecule has 4 rings (SSSR count). The van der Waals surface area contributed by atoms with Crippen molar-refractivity contribution in [3.8, 4) is 5.75 Å². The summed E-state index contributed by atoms with van der Waals surface area (Å²) in [4.78, 5) is 2.31. The minimum Gasteiger partial charge on any atom is -0.489 e. The maximum atomic E-state index is 13.0. The van der Waals surface area contributed by atoms with Crippen LogP contribution in [0.5, 0.6) is 5.75 Å². The molecule has 0 atom stereocenters. The van der Waals surface area contributed by atoms with Crippen LogP contribution < -0.4 is 4.74 Å². The van der Waals surface area contributed by atoms with Gasteiger partial charge in [-0.3, -0.25) is 4.90 Å². The van der Waals surface area contributed by atoms with Gasteiger partial charge in [0.15, 0.2) is 0 Å². The van der Waals surface area contributed by atoms with Crippen molar-refractivity contribution in [3.63, 3.8) is 0 Å². The summed E-state index contributed by atoms with van der Waals surface area (Å²) in [7, 11) is -3.67. The van der Waals surface area contributed by atoms with E-state index in [9.17, 15) is 8.42 Å². The summed E-state index contributed by atoms with van der Waals surface area (Å²) >= 11 is 18.0. The molecule has 1 fully saturated rings. The summed E-state index contributed by atoms with van der Waals surface area (Å²) in [6.07, 6.45) is 0. The van der Waals surface area contributed by atoms with Gasteiger partial charge >= 0.3 is 0 Å². The fourth-order valence-corrected chi connectivity index (χ4v) is 6.00. The molecule has 1 saturated heterocycles. The molecule has 3 aromatic rings. The van der Waals surface area contributed by atoms with Gasteiger partial charge in [0.1, 0.15) is 17.3 Å². The lowest BCUT2D eigenvalue weighted by molar-refractivity contribution is 0.178. The predicted molar refractivity (Wildman–Crippen MR) is 133 cm³/mol. The standard InChI is InChI=1S/C24H23Cl3N2O3S/c25-20-7-5-18(6-8-20)17-32-23-4-2-1-3-19(23)16-28-11-13-29(14-12-28)33(30,31)24-10-9-21(26)15-22(24)27/h1-10,15H,11-14,16-17H2. The zero-order valence-corrected chi connectivity index (χ0v) is 20.8. The Balaban J connectivity index is 1.38. The first kappa shape index (κ1) is 24.3. The van der Waals surface area contributed by atoms with Crippen LogP contribution in [0.25, 0.3) is 0 Å². The molecule has 0 aliphatic carbocycles. The first-order valence-corrected chi connectivity index (χ1v) is 13.0. The van der Waals surface area contributed by atoms with Gasteiger partial charge < -0.3 is 4.74 Å². The SMILES string of the molecule is O=S(=O)(c1ccc(Cl)cc1Cl)N1CCN(Cc2ccccc2OCc2ccc(Cl)cc2)CC1. The Morgan fingerprint density at radius 2 is 1.48 bits per heavy atom. The minimum atomic E-state index is -3.67. The third-order valence-corrected chi connectivity index (χ3v) is 8.39. The highest BCUT2D eigenvalue weighted by Crippen LogP contribution is 2.29. The van der Waals surface area contributed by atoms with E-state index in [1.165, 1.54) is 22.5 Å². The molecule has 0 saturated carbocycles. The van der Waals surface area contributed by atoms with Crippen molar-refractivity contribution < 1.29 is 13.2 Å². The Morgan fingerprint density at radius 1 is 0.818 bits per heavy atom. The zero-order valence-electron chi connectivity index (χ0n) is 17.8. The van der Waals surface area contributed by atoms with Crippen molar-refractivity contribution in [2.24, 2.45) is 0 Å². The zero-order chi connectivity index (χ0) is 23.4. The smallest absolute Gasteiger partial charge is 0.244 e. The summed E-state index contributed by atoms with van der Waals surface area (Å²) in [6.45, 7) is 3.10. The Hall–Kier alpha value is -1.80. The molecule has 0 aromatic heterocycles. The van der Waals surface area contributed by atoms with Gasteiger partial charge in [0.25, 0.3) is 0 Å². The molecule has 0 unspecified atom stereocenters. The summed E-state index contributed by atoms with van der Waals surface area (Å²) in [6, 6.07) is 19.9. The van der Waals surface area contributed by atoms with Crippen LogP contribution in [0, 0.1) is 0 Å². The average molecular weight is 526 g/mol. The van der Waals surface area contributed by atoms with E-state index in [0.717, 1.165) is 16.9 Å². The molecule has 5 nitrogen and oxygen atoms in total. The van der Waals surface area contributed by atoms with E-state index in [-0.39, 0.29) is 9.92 Å². The van der Waals surface area contributed by atoms with Crippen LogP contribution in [-0.4, -0.2) is 43.8 Å². The van der Waals surface area contributed by atoms with Gasteiger partial charge in [0.2, 0.25) is 10.0 Å². The van der Waals surface area contributed by atoms with E-state index >= 15 is 0 Å². The Kier molecular flexibility index (Phi) is 7.84. The lowest BCUT2D eigenvalue weighted by atomic mass is 10.1. The van der Waals surface area contributed by atoms with Crippen LogP contribution in [0.3, 0.4) is 0 Å². The lowest BCUT2D eigenvalue weighted by Crippen LogP contribution is -2.48. The van der Waals surface area contributed by atoms with Gasteiger partial charge in [0.05, 0.1) is 5.02 Å². The quantitative estimate of drug-likeness (QED) is 0.395. The number of hydrogen-bond donors (Lipinski definition) is 0. The van der Waals surface area contributed by atoms with Crippen LogP contribution in [0.1, 0.15) is 11.1 Å². The first-order valence-electron chi connectivity index (χ1n) is 10.5. The lowest BCUT2D eigenvalue weighted by Gasteiger charge is -2.34. The third-order valence-electron chi connectivity index (χ3n) is 5.52. The average Bonchev–Trinajstić information content (AvgIpc) is 2.80. The number of hydrogen-bond acceptors (Lipinski definition) is 4. The molecule has 1 aliphatic rings. The number of piperazine rings is 1. The summed E-state index contributed by atoms with van der Waals surface area (Å²) < 4.78 is 33.6.